The summed E-state index contributed by atoms with van der Waals surface area (Å²) in [6, 6.07) is 10.2. The SMILES string of the molecule is Cc1cc(CNC(=O)c2cc(C(=O)NC3CCc4c3ccc(C)c4C)n3ncc(C)c3n2)ccc1F. The van der Waals surface area contributed by atoms with E-state index >= 15 is 0 Å². The lowest BCUT2D eigenvalue weighted by atomic mass is 9.99. The van der Waals surface area contributed by atoms with Crippen molar-refractivity contribution in [1.82, 2.24) is 25.2 Å². The van der Waals surface area contributed by atoms with Crippen LogP contribution >= 0.6 is 0 Å². The highest BCUT2D eigenvalue weighted by atomic mass is 19.1. The van der Waals surface area contributed by atoms with Crippen molar-refractivity contribution in [3.63, 3.8) is 0 Å². The number of aromatic nitrogens is 3. The number of nitrogens with one attached hydrogen (secondary N) is 2. The molecule has 5 rings (SSSR count). The predicted molar refractivity (Wildman–Crippen MR) is 134 cm³/mol. The van der Waals surface area contributed by atoms with E-state index in [9.17, 15) is 14.0 Å². The summed E-state index contributed by atoms with van der Waals surface area (Å²) < 4.78 is 15.0. The first kappa shape index (κ1) is 23.7. The molecule has 1 aliphatic rings. The smallest absolute Gasteiger partial charge is 0.270 e. The Labute approximate surface area is 208 Å². The minimum Gasteiger partial charge on any atom is -0.347 e. The normalized spacial score (nSPS) is 14.6. The quantitative estimate of drug-likeness (QED) is 0.437. The molecule has 2 aromatic heterocycles. The van der Waals surface area contributed by atoms with Gasteiger partial charge in [0.2, 0.25) is 0 Å². The van der Waals surface area contributed by atoms with E-state index in [-0.39, 0.29) is 35.7 Å². The molecule has 0 saturated heterocycles. The molecule has 2 amide bonds. The molecule has 2 aromatic carbocycles. The number of hydrogen-bond donors (Lipinski definition) is 2. The second kappa shape index (κ2) is 9.18. The summed E-state index contributed by atoms with van der Waals surface area (Å²) >= 11 is 0. The number of amides is 2. The summed E-state index contributed by atoms with van der Waals surface area (Å²) in [5.74, 6) is -1.03. The van der Waals surface area contributed by atoms with Gasteiger partial charge in [-0.1, -0.05) is 24.3 Å². The van der Waals surface area contributed by atoms with Crippen molar-refractivity contribution in [3.8, 4) is 0 Å². The van der Waals surface area contributed by atoms with Gasteiger partial charge in [0.1, 0.15) is 17.2 Å². The molecule has 1 atom stereocenters. The summed E-state index contributed by atoms with van der Waals surface area (Å²) in [6.07, 6.45) is 3.36. The topological polar surface area (TPSA) is 88.4 Å². The molecule has 8 heteroatoms. The molecule has 0 fully saturated rings. The van der Waals surface area contributed by atoms with Gasteiger partial charge >= 0.3 is 0 Å². The van der Waals surface area contributed by atoms with Gasteiger partial charge in [0, 0.05) is 18.2 Å². The van der Waals surface area contributed by atoms with Crippen LogP contribution in [0.15, 0.2) is 42.6 Å². The van der Waals surface area contributed by atoms with E-state index in [0.717, 1.165) is 29.5 Å². The number of halogens is 1. The summed E-state index contributed by atoms with van der Waals surface area (Å²) in [6.45, 7) is 7.94. The number of fused-ring (bicyclic) bond motifs is 2. The fraction of sp³-hybridized carbons (Fsp3) is 0.286. The Hall–Kier alpha value is -4.07. The van der Waals surface area contributed by atoms with Crippen LogP contribution in [0.1, 0.15) is 72.4 Å². The van der Waals surface area contributed by atoms with E-state index in [1.807, 2.05) is 6.92 Å². The van der Waals surface area contributed by atoms with E-state index in [0.29, 0.717) is 11.2 Å². The van der Waals surface area contributed by atoms with Crippen LogP contribution in [0.2, 0.25) is 0 Å². The molecule has 0 radical (unpaired) electrons. The Bertz CT molecular complexity index is 1520. The van der Waals surface area contributed by atoms with Crippen molar-refractivity contribution in [3.05, 3.63) is 98.7 Å². The van der Waals surface area contributed by atoms with Crippen molar-refractivity contribution in [1.29, 1.82) is 0 Å². The summed E-state index contributed by atoms with van der Waals surface area (Å²) in [4.78, 5) is 30.9. The zero-order valence-corrected chi connectivity index (χ0v) is 20.8. The molecule has 7 nitrogen and oxygen atoms in total. The second-order valence-corrected chi connectivity index (χ2v) is 9.50. The Morgan fingerprint density at radius 1 is 1.03 bits per heavy atom. The maximum Gasteiger partial charge on any atom is 0.270 e. The highest BCUT2D eigenvalue weighted by Crippen LogP contribution is 2.34. The fourth-order valence-electron chi connectivity index (χ4n) is 4.82. The Kier molecular flexibility index (Phi) is 6.04. The average molecular weight is 486 g/mol. The maximum atomic E-state index is 13.6. The van der Waals surface area contributed by atoms with Gasteiger partial charge in [0.15, 0.2) is 5.65 Å². The van der Waals surface area contributed by atoms with E-state index in [1.54, 1.807) is 25.3 Å². The molecule has 0 spiro atoms. The van der Waals surface area contributed by atoms with Gasteiger partial charge in [-0.15, -0.1) is 0 Å². The third-order valence-corrected chi connectivity index (χ3v) is 7.06. The van der Waals surface area contributed by atoms with Gasteiger partial charge in [-0.2, -0.15) is 5.10 Å². The van der Waals surface area contributed by atoms with Crippen LogP contribution in [-0.2, 0) is 13.0 Å². The molecule has 0 bridgehead atoms. The number of carbonyl (C=O) groups excluding carboxylic acids is 2. The van der Waals surface area contributed by atoms with Gasteiger partial charge < -0.3 is 10.6 Å². The van der Waals surface area contributed by atoms with Crippen LogP contribution in [-0.4, -0.2) is 26.4 Å². The molecule has 36 heavy (non-hydrogen) atoms. The molecular weight excluding hydrogens is 457 g/mol. The van der Waals surface area contributed by atoms with E-state index < -0.39 is 5.91 Å². The summed E-state index contributed by atoms with van der Waals surface area (Å²) in [5.41, 5.74) is 7.80. The minimum atomic E-state index is -0.425. The molecule has 4 aromatic rings. The minimum absolute atomic E-state index is 0.106. The number of benzene rings is 2. The third-order valence-electron chi connectivity index (χ3n) is 7.06. The van der Waals surface area contributed by atoms with Gasteiger partial charge in [-0.05, 0) is 80.0 Å². The standard InChI is InChI=1S/C28H28FN5O2/c1-15-5-7-21-20(18(15)4)8-10-23(21)33-28(36)25-12-24(32-26-17(3)13-31-34(25)26)27(35)30-14-19-6-9-22(29)16(2)11-19/h5-7,9,11-13,23H,8,10,14H2,1-4H3,(H,30,35)(H,33,36). The van der Waals surface area contributed by atoms with Crippen LogP contribution in [0.3, 0.4) is 0 Å². The van der Waals surface area contributed by atoms with Gasteiger partial charge in [0.05, 0.1) is 12.2 Å². The molecule has 2 N–H and O–H groups in total. The molecule has 2 heterocycles. The predicted octanol–water partition coefficient (Wildman–Crippen LogP) is 4.45. The van der Waals surface area contributed by atoms with E-state index in [1.165, 1.54) is 33.3 Å². The van der Waals surface area contributed by atoms with Crippen molar-refractivity contribution in [2.24, 2.45) is 0 Å². The van der Waals surface area contributed by atoms with Crippen LogP contribution in [0.25, 0.3) is 5.65 Å². The zero-order valence-electron chi connectivity index (χ0n) is 20.8. The number of rotatable bonds is 5. The number of hydrogen-bond acceptors (Lipinski definition) is 4. The molecule has 0 saturated carbocycles. The Morgan fingerprint density at radius 3 is 2.61 bits per heavy atom. The molecule has 1 unspecified atom stereocenters. The summed E-state index contributed by atoms with van der Waals surface area (Å²) in [7, 11) is 0. The highest BCUT2D eigenvalue weighted by molar-refractivity contribution is 5.98. The van der Waals surface area contributed by atoms with Crippen molar-refractivity contribution in [2.45, 2.75) is 53.1 Å². The first-order valence-corrected chi connectivity index (χ1v) is 12.0. The van der Waals surface area contributed by atoms with Crippen LogP contribution in [0.4, 0.5) is 4.39 Å². The lowest BCUT2D eigenvalue weighted by Crippen LogP contribution is -2.30. The van der Waals surface area contributed by atoms with Crippen LogP contribution < -0.4 is 10.6 Å². The van der Waals surface area contributed by atoms with E-state index in [4.69, 9.17) is 0 Å². The number of nitrogens with zero attached hydrogens (tertiary/aromatic N) is 3. The number of aryl methyl sites for hydroxylation is 3. The lowest BCUT2D eigenvalue weighted by Gasteiger charge is -2.16. The molecule has 1 aliphatic carbocycles. The third kappa shape index (κ3) is 4.23. The largest absolute Gasteiger partial charge is 0.347 e. The first-order chi connectivity index (χ1) is 17.2. The molecule has 0 aliphatic heterocycles. The van der Waals surface area contributed by atoms with Crippen LogP contribution in [0, 0.1) is 33.5 Å². The first-order valence-electron chi connectivity index (χ1n) is 12.0. The van der Waals surface area contributed by atoms with Gasteiger partial charge in [-0.3, -0.25) is 9.59 Å². The highest BCUT2D eigenvalue weighted by Gasteiger charge is 2.27. The monoisotopic (exact) mass is 485 g/mol. The summed E-state index contributed by atoms with van der Waals surface area (Å²) in [5, 5.41) is 10.3. The van der Waals surface area contributed by atoms with E-state index in [2.05, 4.69) is 46.7 Å². The molecule has 184 valence electrons. The Morgan fingerprint density at radius 2 is 1.83 bits per heavy atom. The fourth-order valence-corrected chi connectivity index (χ4v) is 4.82. The lowest BCUT2D eigenvalue weighted by molar-refractivity contribution is 0.0929. The zero-order chi connectivity index (χ0) is 25.6. The van der Waals surface area contributed by atoms with Crippen molar-refractivity contribution >= 4 is 17.5 Å². The molecular formula is C28H28FN5O2. The van der Waals surface area contributed by atoms with Gasteiger partial charge in [-0.25, -0.2) is 13.9 Å². The van der Waals surface area contributed by atoms with Crippen molar-refractivity contribution in [2.75, 3.05) is 0 Å². The maximum absolute atomic E-state index is 13.6. The Balaban J connectivity index is 1.41. The average Bonchev–Trinajstić information content (AvgIpc) is 3.45. The number of carbonyl (C=O) groups is 2. The second-order valence-electron chi connectivity index (χ2n) is 9.50. The van der Waals surface area contributed by atoms with Crippen LogP contribution in [0.5, 0.6) is 0 Å². The van der Waals surface area contributed by atoms with Gasteiger partial charge in [0.25, 0.3) is 11.8 Å². The van der Waals surface area contributed by atoms with Crippen molar-refractivity contribution < 1.29 is 14.0 Å².